The van der Waals surface area contributed by atoms with E-state index in [2.05, 4.69) is 22.0 Å². The Morgan fingerprint density at radius 3 is 2.84 bits per heavy atom. The Bertz CT molecular complexity index is 934. The second-order valence-electron chi connectivity index (χ2n) is 6.42. The van der Waals surface area contributed by atoms with Crippen LogP contribution >= 0.6 is 0 Å². The van der Waals surface area contributed by atoms with Gasteiger partial charge < -0.3 is 4.74 Å². The molecule has 1 aromatic carbocycles. The number of pyridine rings is 1. The molecular weight excluding hydrogens is 314 g/mol. The largest absolute Gasteiger partial charge is 0.497 e. The summed E-state index contributed by atoms with van der Waals surface area (Å²) >= 11 is 0. The third kappa shape index (κ3) is 3.15. The quantitative estimate of drug-likeness (QED) is 0.735. The van der Waals surface area contributed by atoms with E-state index < -0.39 is 0 Å². The van der Waals surface area contributed by atoms with E-state index >= 15 is 0 Å². The highest BCUT2D eigenvalue weighted by Crippen LogP contribution is 2.33. The summed E-state index contributed by atoms with van der Waals surface area (Å²) in [5.41, 5.74) is 2.79. The van der Waals surface area contributed by atoms with Crippen molar-refractivity contribution in [1.82, 2.24) is 14.3 Å². The normalized spacial score (nSPS) is 17.9. The number of benzene rings is 1. The van der Waals surface area contributed by atoms with Crippen LogP contribution in [0.5, 0.6) is 5.75 Å². The van der Waals surface area contributed by atoms with Gasteiger partial charge >= 0.3 is 0 Å². The van der Waals surface area contributed by atoms with E-state index in [0.717, 1.165) is 30.8 Å². The number of methoxy groups -OCH3 is 1. The van der Waals surface area contributed by atoms with Crippen LogP contribution in [-0.2, 0) is 6.54 Å². The van der Waals surface area contributed by atoms with E-state index in [1.165, 1.54) is 5.56 Å². The lowest BCUT2D eigenvalue weighted by Gasteiger charge is -2.24. The van der Waals surface area contributed by atoms with E-state index in [0.29, 0.717) is 18.2 Å². The molecule has 0 unspecified atom stereocenters. The van der Waals surface area contributed by atoms with Gasteiger partial charge in [-0.3, -0.25) is 14.1 Å². The first-order valence-electron chi connectivity index (χ1n) is 8.60. The van der Waals surface area contributed by atoms with E-state index in [1.54, 1.807) is 23.8 Å². The number of fused-ring (bicyclic) bond motifs is 1. The summed E-state index contributed by atoms with van der Waals surface area (Å²) < 4.78 is 6.83. The standard InChI is InChI=1S/C20H21N3O2/c1-25-17-9-7-15(8-10-17)18-5-4-11-22(18)14-16-13-20(24)23-12-3-2-6-19(23)21-16/h2-3,6-10,12-13,18H,4-5,11,14H2,1H3/t18-/m1/s1. The maximum Gasteiger partial charge on any atom is 0.258 e. The molecule has 25 heavy (non-hydrogen) atoms. The van der Waals surface area contributed by atoms with Crippen LogP contribution in [0.2, 0.25) is 0 Å². The van der Waals surface area contributed by atoms with E-state index in [-0.39, 0.29) is 5.56 Å². The van der Waals surface area contributed by atoms with Gasteiger partial charge in [-0.1, -0.05) is 18.2 Å². The van der Waals surface area contributed by atoms with E-state index in [1.807, 2.05) is 30.3 Å². The summed E-state index contributed by atoms with van der Waals surface area (Å²) in [6.07, 6.45) is 4.03. The Morgan fingerprint density at radius 1 is 1.20 bits per heavy atom. The van der Waals surface area contributed by atoms with Crippen LogP contribution in [0.15, 0.2) is 59.5 Å². The molecule has 0 saturated carbocycles. The van der Waals surface area contributed by atoms with Crippen molar-refractivity contribution >= 4 is 5.65 Å². The van der Waals surface area contributed by atoms with Crippen molar-refractivity contribution in [2.75, 3.05) is 13.7 Å². The lowest BCUT2D eigenvalue weighted by molar-refractivity contribution is 0.245. The molecular formula is C20H21N3O2. The van der Waals surface area contributed by atoms with Gasteiger partial charge in [-0.25, -0.2) is 4.98 Å². The van der Waals surface area contributed by atoms with Crippen molar-refractivity contribution in [3.63, 3.8) is 0 Å². The number of likely N-dealkylation sites (tertiary alicyclic amines) is 1. The highest BCUT2D eigenvalue weighted by atomic mass is 16.5. The number of hydrogen-bond acceptors (Lipinski definition) is 4. The Kier molecular flexibility index (Phi) is 4.24. The fourth-order valence-electron chi connectivity index (χ4n) is 3.61. The van der Waals surface area contributed by atoms with Gasteiger partial charge in [-0.15, -0.1) is 0 Å². The number of nitrogens with zero attached hydrogens (tertiary/aromatic N) is 3. The van der Waals surface area contributed by atoms with Crippen LogP contribution in [-0.4, -0.2) is 27.9 Å². The van der Waals surface area contributed by atoms with Crippen molar-refractivity contribution in [2.45, 2.75) is 25.4 Å². The third-order valence-electron chi connectivity index (χ3n) is 4.85. The van der Waals surface area contributed by atoms with Crippen LogP contribution in [0.4, 0.5) is 0 Å². The summed E-state index contributed by atoms with van der Waals surface area (Å²) in [5.74, 6) is 0.873. The summed E-state index contributed by atoms with van der Waals surface area (Å²) in [7, 11) is 1.68. The number of aromatic nitrogens is 2. The molecule has 128 valence electrons. The van der Waals surface area contributed by atoms with Crippen LogP contribution < -0.4 is 10.3 Å². The Balaban J connectivity index is 1.59. The summed E-state index contributed by atoms with van der Waals surface area (Å²) in [5, 5.41) is 0. The SMILES string of the molecule is COc1ccc([C@H]2CCCN2Cc2cc(=O)n3ccccc3n2)cc1. The van der Waals surface area contributed by atoms with Crippen LogP contribution in [0.1, 0.15) is 30.1 Å². The minimum absolute atomic E-state index is 0.0270. The minimum Gasteiger partial charge on any atom is -0.497 e. The zero-order valence-electron chi connectivity index (χ0n) is 14.3. The topological polar surface area (TPSA) is 46.8 Å². The molecule has 5 nitrogen and oxygen atoms in total. The Morgan fingerprint density at radius 2 is 2.04 bits per heavy atom. The molecule has 0 aliphatic carbocycles. The van der Waals surface area contributed by atoms with Crippen molar-refractivity contribution in [1.29, 1.82) is 0 Å². The fraction of sp³-hybridized carbons (Fsp3) is 0.300. The highest BCUT2D eigenvalue weighted by Gasteiger charge is 2.26. The second-order valence-corrected chi connectivity index (χ2v) is 6.42. The first-order valence-corrected chi connectivity index (χ1v) is 8.60. The van der Waals surface area contributed by atoms with Gasteiger partial charge in [0.25, 0.3) is 5.56 Å². The van der Waals surface area contributed by atoms with Gasteiger partial charge in [0.15, 0.2) is 0 Å². The van der Waals surface area contributed by atoms with Crippen molar-refractivity contribution in [2.24, 2.45) is 0 Å². The minimum atomic E-state index is -0.0270. The Hall–Kier alpha value is -2.66. The molecule has 3 aromatic rings. The molecule has 0 spiro atoms. The summed E-state index contributed by atoms with van der Waals surface area (Å²) in [6, 6.07) is 15.9. The van der Waals surface area contributed by atoms with Crippen LogP contribution in [0.25, 0.3) is 5.65 Å². The molecule has 1 aliphatic heterocycles. The molecule has 0 amide bonds. The molecule has 1 aliphatic rings. The molecule has 3 heterocycles. The molecule has 4 rings (SSSR count). The number of hydrogen-bond donors (Lipinski definition) is 0. The van der Waals surface area contributed by atoms with Gasteiger partial charge in [0, 0.05) is 24.8 Å². The average Bonchev–Trinajstić information content (AvgIpc) is 3.10. The molecule has 1 atom stereocenters. The fourth-order valence-corrected chi connectivity index (χ4v) is 3.61. The molecule has 0 radical (unpaired) electrons. The summed E-state index contributed by atoms with van der Waals surface area (Å²) in [6.45, 7) is 1.71. The second kappa shape index (κ2) is 6.69. The molecule has 0 bridgehead atoms. The molecule has 0 N–H and O–H groups in total. The van der Waals surface area contributed by atoms with Gasteiger partial charge in [-0.2, -0.15) is 0 Å². The van der Waals surface area contributed by atoms with Gasteiger partial charge in [0.05, 0.1) is 12.8 Å². The lowest BCUT2D eigenvalue weighted by atomic mass is 10.0. The summed E-state index contributed by atoms with van der Waals surface area (Å²) in [4.78, 5) is 19.3. The van der Waals surface area contributed by atoms with Crippen molar-refractivity contribution in [3.8, 4) is 5.75 Å². The lowest BCUT2D eigenvalue weighted by Crippen LogP contribution is -2.25. The number of rotatable bonds is 4. The predicted molar refractivity (Wildman–Crippen MR) is 96.8 cm³/mol. The first kappa shape index (κ1) is 15.8. The molecule has 2 aromatic heterocycles. The number of ether oxygens (including phenoxy) is 1. The average molecular weight is 335 g/mol. The first-order chi connectivity index (χ1) is 12.2. The van der Waals surface area contributed by atoms with Crippen molar-refractivity contribution in [3.05, 3.63) is 76.3 Å². The van der Waals surface area contributed by atoms with E-state index in [4.69, 9.17) is 4.74 Å². The maximum absolute atomic E-state index is 12.3. The van der Waals surface area contributed by atoms with Crippen LogP contribution in [0.3, 0.4) is 0 Å². The van der Waals surface area contributed by atoms with Gasteiger partial charge in [0.2, 0.25) is 0 Å². The van der Waals surface area contributed by atoms with E-state index in [9.17, 15) is 4.79 Å². The predicted octanol–water partition coefficient (Wildman–Crippen LogP) is 3.04. The monoisotopic (exact) mass is 335 g/mol. The van der Waals surface area contributed by atoms with Gasteiger partial charge in [-0.05, 0) is 49.2 Å². The highest BCUT2D eigenvalue weighted by molar-refractivity contribution is 5.38. The van der Waals surface area contributed by atoms with Crippen LogP contribution in [0, 0.1) is 0 Å². The molecule has 1 saturated heterocycles. The van der Waals surface area contributed by atoms with Gasteiger partial charge in [0.1, 0.15) is 11.4 Å². The zero-order chi connectivity index (χ0) is 17.2. The van der Waals surface area contributed by atoms with Crippen molar-refractivity contribution < 1.29 is 4.74 Å². The molecule has 5 heteroatoms. The Labute approximate surface area is 146 Å². The maximum atomic E-state index is 12.3. The third-order valence-corrected chi connectivity index (χ3v) is 4.85. The zero-order valence-corrected chi connectivity index (χ0v) is 14.3. The smallest absolute Gasteiger partial charge is 0.258 e. The molecule has 1 fully saturated rings.